The molecule has 3 aliphatic carbocycles. The Labute approximate surface area is 65.5 Å². The average molecular weight is 152 g/mol. The summed E-state index contributed by atoms with van der Waals surface area (Å²) in [5.74, 6) is 1.92. The first-order valence-electron chi connectivity index (χ1n) is 4.33. The molecule has 2 fully saturated rings. The van der Waals surface area contributed by atoms with Crippen molar-refractivity contribution in [2.24, 2.45) is 23.7 Å². The van der Waals surface area contributed by atoms with Crippen LogP contribution in [0.3, 0.4) is 0 Å². The van der Waals surface area contributed by atoms with Gasteiger partial charge in [-0.05, 0) is 30.1 Å². The topological polar surface area (TPSA) is 40.5 Å². The van der Waals surface area contributed by atoms with Crippen molar-refractivity contribution >= 4 is 0 Å². The molecular weight excluding hydrogens is 140 g/mol. The number of fused-ring (bicyclic) bond motifs is 5. The second-order valence-corrected chi connectivity index (χ2v) is 4.08. The van der Waals surface area contributed by atoms with E-state index in [2.05, 4.69) is 12.2 Å². The van der Waals surface area contributed by atoms with Crippen LogP contribution in [0.5, 0.6) is 0 Å². The zero-order valence-electron chi connectivity index (χ0n) is 6.22. The van der Waals surface area contributed by atoms with Crippen LogP contribution in [0, 0.1) is 23.7 Å². The van der Waals surface area contributed by atoms with Crippen molar-refractivity contribution in [1.29, 1.82) is 0 Å². The van der Waals surface area contributed by atoms with E-state index < -0.39 is 12.2 Å². The first-order chi connectivity index (χ1) is 5.29. The van der Waals surface area contributed by atoms with Gasteiger partial charge < -0.3 is 10.2 Å². The third-order valence-electron chi connectivity index (χ3n) is 3.72. The molecule has 3 rings (SSSR count). The minimum absolute atomic E-state index is 0.389. The van der Waals surface area contributed by atoms with E-state index in [1.165, 1.54) is 6.42 Å². The molecule has 6 atom stereocenters. The van der Waals surface area contributed by atoms with Crippen LogP contribution in [0.15, 0.2) is 12.2 Å². The highest BCUT2D eigenvalue weighted by atomic mass is 16.3. The Morgan fingerprint density at radius 3 is 1.82 bits per heavy atom. The van der Waals surface area contributed by atoms with Gasteiger partial charge in [0, 0.05) is 0 Å². The van der Waals surface area contributed by atoms with Gasteiger partial charge in [-0.2, -0.15) is 0 Å². The number of allylic oxidation sites excluding steroid dienone is 2. The van der Waals surface area contributed by atoms with E-state index in [0.717, 1.165) is 0 Å². The summed E-state index contributed by atoms with van der Waals surface area (Å²) in [5.41, 5.74) is 0. The molecule has 60 valence electrons. The molecule has 2 bridgehead atoms. The summed E-state index contributed by atoms with van der Waals surface area (Å²) in [6, 6.07) is 0. The first kappa shape index (κ1) is 6.21. The van der Waals surface area contributed by atoms with Gasteiger partial charge in [-0.25, -0.2) is 0 Å². The lowest BCUT2D eigenvalue weighted by Gasteiger charge is -2.47. The fourth-order valence-corrected chi connectivity index (χ4v) is 3.17. The normalized spacial score (nSPS) is 64.5. The molecule has 0 saturated heterocycles. The Balaban J connectivity index is 1.96. The Hall–Kier alpha value is -0.340. The molecular formula is C9H12O2. The quantitative estimate of drug-likeness (QED) is 0.485. The van der Waals surface area contributed by atoms with Crippen LogP contribution in [-0.2, 0) is 0 Å². The SMILES string of the molecule is O[C@@H]1[C@H](O)[C@@H]2[C@@H]1[C@H]1C=C[C@H]2C1. The van der Waals surface area contributed by atoms with Crippen molar-refractivity contribution in [3.05, 3.63) is 12.2 Å². The smallest absolute Gasteiger partial charge is 0.0839 e. The van der Waals surface area contributed by atoms with E-state index in [4.69, 9.17) is 0 Å². The highest BCUT2D eigenvalue weighted by Crippen LogP contribution is 2.57. The monoisotopic (exact) mass is 152 g/mol. The van der Waals surface area contributed by atoms with Gasteiger partial charge in [-0.3, -0.25) is 0 Å². The molecule has 0 aliphatic heterocycles. The van der Waals surface area contributed by atoms with Crippen molar-refractivity contribution in [2.45, 2.75) is 18.6 Å². The Kier molecular flexibility index (Phi) is 0.958. The van der Waals surface area contributed by atoms with Crippen LogP contribution in [0.4, 0.5) is 0 Å². The van der Waals surface area contributed by atoms with E-state index in [1.807, 2.05) is 0 Å². The summed E-state index contributed by atoms with van der Waals surface area (Å²) >= 11 is 0. The highest BCUT2D eigenvalue weighted by molar-refractivity contribution is 5.21. The minimum Gasteiger partial charge on any atom is -0.390 e. The van der Waals surface area contributed by atoms with Gasteiger partial charge in [0.1, 0.15) is 0 Å². The van der Waals surface area contributed by atoms with Gasteiger partial charge in [0.2, 0.25) is 0 Å². The maximum atomic E-state index is 9.42. The lowest BCUT2D eigenvalue weighted by atomic mass is 9.63. The molecule has 3 aliphatic rings. The molecule has 11 heavy (non-hydrogen) atoms. The van der Waals surface area contributed by atoms with Crippen LogP contribution in [0.1, 0.15) is 6.42 Å². The average Bonchev–Trinajstić information content (AvgIpc) is 2.58. The van der Waals surface area contributed by atoms with Crippen molar-refractivity contribution in [2.75, 3.05) is 0 Å². The Morgan fingerprint density at radius 1 is 0.909 bits per heavy atom. The van der Waals surface area contributed by atoms with Gasteiger partial charge in [-0.1, -0.05) is 12.2 Å². The number of rotatable bonds is 0. The van der Waals surface area contributed by atoms with Crippen LogP contribution in [0.2, 0.25) is 0 Å². The van der Waals surface area contributed by atoms with Crippen LogP contribution in [-0.4, -0.2) is 22.4 Å². The predicted octanol–water partition coefficient (Wildman–Crippen LogP) is 0.160. The second kappa shape index (κ2) is 1.70. The van der Waals surface area contributed by atoms with E-state index in [-0.39, 0.29) is 0 Å². The molecule has 2 nitrogen and oxygen atoms in total. The first-order valence-corrected chi connectivity index (χ1v) is 4.33. The molecule has 0 aromatic heterocycles. The largest absolute Gasteiger partial charge is 0.390 e. The molecule has 0 aromatic rings. The molecule has 0 radical (unpaired) electrons. The van der Waals surface area contributed by atoms with Crippen molar-refractivity contribution in [3.8, 4) is 0 Å². The molecule has 0 spiro atoms. The predicted molar refractivity (Wildman–Crippen MR) is 39.7 cm³/mol. The fraction of sp³-hybridized carbons (Fsp3) is 0.778. The van der Waals surface area contributed by atoms with Gasteiger partial charge in [0.05, 0.1) is 12.2 Å². The van der Waals surface area contributed by atoms with E-state index in [9.17, 15) is 10.2 Å². The molecule has 0 aromatic carbocycles. The number of hydrogen-bond acceptors (Lipinski definition) is 2. The van der Waals surface area contributed by atoms with Crippen LogP contribution < -0.4 is 0 Å². The standard InChI is InChI=1S/C9H12O2/c10-8-6-4-1-2-5(3-4)7(6)9(8)11/h1-2,4-11H,3H2/t4-,5-,6-,7-,8-,9+/m0/s1. The van der Waals surface area contributed by atoms with Gasteiger partial charge in [0.25, 0.3) is 0 Å². The molecule has 0 amide bonds. The third-order valence-corrected chi connectivity index (χ3v) is 3.72. The van der Waals surface area contributed by atoms with Crippen molar-refractivity contribution < 1.29 is 10.2 Å². The molecule has 0 heterocycles. The zero-order chi connectivity index (χ0) is 7.59. The van der Waals surface area contributed by atoms with Gasteiger partial charge in [0.15, 0.2) is 0 Å². The summed E-state index contributed by atoms with van der Waals surface area (Å²) < 4.78 is 0. The fourth-order valence-electron chi connectivity index (χ4n) is 3.17. The van der Waals surface area contributed by atoms with Crippen LogP contribution >= 0.6 is 0 Å². The summed E-state index contributed by atoms with van der Waals surface area (Å²) in [6.07, 6.45) is 4.73. The molecule has 2 N–H and O–H groups in total. The number of hydrogen-bond donors (Lipinski definition) is 2. The molecule has 2 heteroatoms. The minimum atomic E-state index is -0.431. The summed E-state index contributed by atoms with van der Waals surface area (Å²) in [5, 5.41) is 18.8. The second-order valence-electron chi connectivity index (χ2n) is 4.08. The van der Waals surface area contributed by atoms with Gasteiger partial charge >= 0.3 is 0 Å². The van der Waals surface area contributed by atoms with Gasteiger partial charge in [-0.15, -0.1) is 0 Å². The van der Waals surface area contributed by atoms with Crippen molar-refractivity contribution in [1.82, 2.24) is 0 Å². The molecule has 2 saturated carbocycles. The summed E-state index contributed by atoms with van der Waals surface area (Å²) in [7, 11) is 0. The van der Waals surface area contributed by atoms with Crippen molar-refractivity contribution in [3.63, 3.8) is 0 Å². The summed E-state index contributed by atoms with van der Waals surface area (Å²) in [4.78, 5) is 0. The molecule has 0 unspecified atom stereocenters. The number of aliphatic hydroxyl groups is 2. The Bertz CT molecular complexity index is 202. The zero-order valence-corrected chi connectivity index (χ0v) is 6.22. The number of aliphatic hydroxyl groups excluding tert-OH is 2. The van der Waals surface area contributed by atoms with E-state index >= 15 is 0 Å². The maximum Gasteiger partial charge on any atom is 0.0839 e. The third kappa shape index (κ3) is 0.531. The summed E-state index contributed by atoms with van der Waals surface area (Å²) in [6.45, 7) is 0. The Morgan fingerprint density at radius 2 is 1.36 bits per heavy atom. The maximum absolute atomic E-state index is 9.42. The van der Waals surface area contributed by atoms with Crippen LogP contribution in [0.25, 0.3) is 0 Å². The lowest BCUT2D eigenvalue weighted by molar-refractivity contribution is -0.157. The van der Waals surface area contributed by atoms with E-state index in [1.54, 1.807) is 0 Å². The highest BCUT2D eigenvalue weighted by Gasteiger charge is 2.60. The lowest BCUT2D eigenvalue weighted by Crippen LogP contribution is -2.57. The van der Waals surface area contributed by atoms with E-state index in [0.29, 0.717) is 23.7 Å².